The topological polar surface area (TPSA) is 6.48 Å². The Bertz CT molecular complexity index is 1680. The molecule has 7 rings (SSSR count). The van der Waals surface area contributed by atoms with E-state index in [1.54, 1.807) is 0 Å². The first-order valence-electron chi connectivity index (χ1n) is 15.5. The molecule has 0 bridgehead atoms. The van der Waals surface area contributed by atoms with Gasteiger partial charge in [0.05, 0.1) is 0 Å². The van der Waals surface area contributed by atoms with Crippen molar-refractivity contribution in [3.8, 4) is 11.1 Å². The third kappa shape index (κ3) is 3.56. The summed E-state index contributed by atoms with van der Waals surface area (Å²) in [7, 11) is -0.325. The van der Waals surface area contributed by atoms with Gasteiger partial charge < -0.3 is 9.80 Å². The number of benzene rings is 4. The minimum absolute atomic E-state index is 0.0343. The molecule has 3 atom stereocenters. The quantitative estimate of drug-likeness (QED) is 0.174. The molecule has 3 aliphatic heterocycles. The lowest BCUT2D eigenvalue weighted by molar-refractivity contribution is 0.105. The van der Waals surface area contributed by atoms with Crippen LogP contribution in [0.15, 0.2) is 122 Å². The first-order valence-corrected chi connectivity index (χ1v) is 17.5. The van der Waals surface area contributed by atoms with Crippen LogP contribution in [0.3, 0.4) is 0 Å². The summed E-state index contributed by atoms with van der Waals surface area (Å²) in [5.41, 5.74) is 6.94. The molecule has 4 aromatic rings. The Morgan fingerprint density at radius 1 is 0.833 bits per heavy atom. The Labute approximate surface area is 253 Å². The maximum absolute atomic E-state index is 4.44. The van der Waals surface area contributed by atoms with Crippen molar-refractivity contribution in [2.75, 3.05) is 11.9 Å². The van der Waals surface area contributed by atoms with Crippen molar-refractivity contribution in [1.29, 1.82) is 0 Å². The van der Waals surface area contributed by atoms with Crippen LogP contribution in [0.25, 0.3) is 11.1 Å². The fourth-order valence-electron chi connectivity index (χ4n) is 8.61. The maximum Gasteiger partial charge on any atom is 0.106 e. The van der Waals surface area contributed by atoms with Crippen LogP contribution in [0, 0.1) is 5.41 Å². The predicted octanol–water partition coefficient (Wildman–Crippen LogP) is 6.64. The van der Waals surface area contributed by atoms with E-state index in [2.05, 4.69) is 161 Å². The van der Waals surface area contributed by atoms with E-state index in [1.807, 2.05) is 0 Å². The van der Waals surface area contributed by atoms with E-state index in [0.29, 0.717) is 6.17 Å². The van der Waals surface area contributed by atoms with Gasteiger partial charge in [0, 0.05) is 30.5 Å². The summed E-state index contributed by atoms with van der Waals surface area (Å²) in [5, 5.41) is 5.91. The van der Waals surface area contributed by atoms with Gasteiger partial charge in [0.15, 0.2) is 0 Å². The summed E-state index contributed by atoms with van der Waals surface area (Å²) >= 11 is 0. The average molecular weight is 567 g/mol. The van der Waals surface area contributed by atoms with E-state index in [-0.39, 0.29) is 10.8 Å². The molecule has 0 aliphatic carbocycles. The average Bonchev–Trinajstić information content (AvgIpc) is 3.49. The number of rotatable bonds is 5. The molecule has 2 nitrogen and oxygen atoms in total. The van der Waals surface area contributed by atoms with E-state index in [9.17, 15) is 0 Å². The lowest BCUT2D eigenvalue weighted by Crippen LogP contribution is -2.72. The maximum atomic E-state index is 4.44. The molecule has 0 saturated heterocycles. The van der Waals surface area contributed by atoms with E-state index in [4.69, 9.17) is 0 Å². The lowest BCUT2D eigenvalue weighted by Gasteiger charge is -2.48. The Morgan fingerprint density at radius 2 is 1.45 bits per heavy atom. The van der Waals surface area contributed by atoms with E-state index in [1.165, 1.54) is 48.7 Å². The molecular weight excluding hydrogens is 525 g/mol. The van der Waals surface area contributed by atoms with Crippen LogP contribution >= 0.6 is 0 Å². The minimum atomic E-state index is -2.57. The summed E-state index contributed by atoms with van der Waals surface area (Å²) in [6.07, 6.45) is 8.11. The summed E-state index contributed by atoms with van der Waals surface area (Å²) in [6.45, 7) is 14.1. The van der Waals surface area contributed by atoms with Gasteiger partial charge in [0.25, 0.3) is 0 Å². The molecule has 0 saturated carbocycles. The van der Waals surface area contributed by atoms with E-state index < -0.39 is 8.07 Å². The standard InChI is InChI=1S/C39H42N2Si/c1-7-38(4)27-37-40(6)23-24-41(37)34-25-30(21-22-33(34)39(38,5)26-28(2)3)42(29-15-9-8-10-16-29)35-19-13-11-17-31(35)32-18-12-14-20-36(32)42/h8-25,37H,2,7,26-27H2,1,3-6H3/q-1/t37?,38-,39?/m0/s1. The Kier molecular flexibility index (Phi) is 6.18. The molecule has 0 spiro atoms. The number of anilines is 1. The molecule has 3 aliphatic rings. The predicted molar refractivity (Wildman–Crippen MR) is 182 cm³/mol. The Morgan fingerprint density at radius 3 is 2.07 bits per heavy atom. The molecule has 2 unspecified atom stereocenters. The normalized spacial score (nSPS) is 24.9. The van der Waals surface area contributed by atoms with Crippen LogP contribution in [0.1, 0.15) is 52.5 Å². The zero-order chi connectivity index (χ0) is 29.3. The van der Waals surface area contributed by atoms with Crippen LogP contribution in [0.5, 0.6) is 0 Å². The van der Waals surface area contributed by atoms with Gasteiger partial charge in [-0.3, -0.25) is 0 Å². The Balaban J connectivity index is 1.57. The largest absolute Gasteiger partial charge is 0.359 e. The van der Waals surface area contributed by atoms with Gasteiger partial charge in [-0.05, 0) is 45.2 Å². The fraction of sp³-hybridized carbons (Fsp3) is 0.282. The first-order chi connectivity index (χ1) is 20.2. The van der Waals surface area contributed by atoms with Crippen LogP contribution < -0.4 is 25.6 Å². The van der Waals surface area contributed by atoms with Crippen LogP contribution in [0.2, 0.25) is 0 Å². The highest BCUT2D eigenvalue weighted by Gasteiger charge is 2.51. The highest BCUT2D eigenvalue weighted by Crippen LogP contribution is 2.56. The van der Waals surface area contributed by atoms with E-state index >= 15 is 0 Å². The van der Waals surface area contributed by atoms with Crippen molar-refractivity contribution in [1.82, 2.24) is 4.90 Å². The molecule has 4 aromatic carbocycles. The summed E-state index contributed by atoms with van der Waals surface area (Å²) in [6, 6.07) is 37.3. The smallest absolute Gasteiger partial charge is 0.106 e. The second kappa shape index (κ2) is 9.60. The van der Waals surface area contributed by atoms with Gasteiger partial charge in [-0.25, -0.2) is 0 Å². The number of allylic oxidation sites excluding steroid dienone is 1. The Hall–Kier alpha value is -3.82. The number of hydrogen-bond donors (Lipinski definition) is 0. The van der Waals surface area contributed by atoms with Gasteiger partial charge in [-0.2, -0.15) is 20.7 Å². The minimum Gasteiger partial charge on any atom is -0.359 e. The number of hydrogen-bond acceptors (Lipinski definition) is 2. The molecule has 213 valence electrons. The number of nitrogens with zero attached hydrogens (tertiary/aromatic N) is 2. The molecule has 0 radical (unpaired) electrons. The third-order valence-corrected chi connectivity index (χ3v) is 16.0. The van der Waals surface area contributed by atoms with Crippen molar-refractivity contribution in [3.05, 3.63) is 127 Å². The molecule has 0 fully saturated rings. The van der Waals surface area contributed by atoms with Crippen molar-refractivity contribution in [2.24, 2.45) is 5.41 Å². The molecule has 3 heterocycles. The third-order valence-electron chi connectivity index (χ3n) is 11.1. The second-order valence-electron chi connectivity index (χ2n) is 13.4. The van der Waals surface area contributed by atoms with E-state index in [0.717, 1.165) is 19.3 Å². The first kappa shape index (κ1) is 27.0. The second-order valence-corrected chi connectivity index (χ2v) is 17.1. The molecular formula is C39H42N2Si-. The van der Waals surface area contributed by atoms with Gasteiger partial charge in [0.2, 0.25) is 0 Å². The van der Waals surface area contributed by atoms with Crippen molar-refractivity contribution >= 4 is 34.5 Å². The molecule has 3 heteroatoms. The highest BCUT2D eigenvalue weighted by molar-refractivity contribution is 7.22. The molecule has 0 N–H and O–H groups in total. The van der Waals surface area contributed by atoms with Gasteiger partial charge in [-0.1, -0.05) is 135 Å². The fourth-order valence-corrected chi connectivity index (χ4v) is 13.8. The van der Waals surface area contributed by atoms with Gasteiger partial charge in [0.1, 0.15) is 6.17 Å². The van der Waals surface area contributed by atoms with Crippen molar-refractivity contribution in [2.45, 2.75) is 58.5 Å². The van der Waals surface area contributed by atoms with Crippen LogP contribution in [0.4, 0.5) is 5.69 Å². The van der Waals surface area contributed by atoms with Gasteiger partial charge >= 0.3 is 0 Å². The highest BCUT2D eigenvalue weighted by atomic mass is 28.3. The summed E-state index contributed by atoms with van der Waals surface area (Å²) in [4.78, 5) is 5.00. The monoisotopic (exact) mass is 566 g/mol. The zero-order valence-corrected chi connectivity index (χ0v) is 26.7. The van der Waals surface area contributed by atoms with Gasteiger partial charge in [-0.15, -0.1) is 6.58 Å². The summed E-state index contributed by atoms with van der Waals surface area (Å²) in [5.74, 6) is 0. The van der Waals surface area contributed by atoms with Crippen LogP contribution in [-0.4, -0.2) is 26.2 Å². The molecule has 0 aromatic heterocycles. The number of fused-ring (bicyclic) bond motifs is 6. The SMILES string of the molecule is C=C(C)CC1(C)c2ccc([Si-]3(c4ccccc4)c4ccccc4-c4ccccc43)cc2N2C=CN(C)C2C[C@]1(C)CC. The lowest BCUT2D eigenvalue weighted by atomic mass is 9.57. The van der Waals surface area contributed by atoms with Crippen molar-refractivity contribution in [3.63, 3.8) is 0 Å². The van der Waals surface area contributed by atoms with Crippen LogP contribution in [-0.2, 0) is 5.41 Å². The van der Waals surface area contributed by atoms with Crippen molar-refractivity contribution < 1.29 is 0 Å². The summed E-state index contributed by atoms with van der Waals surface area (Å²) < 4.78 is 0. The molecule has 0 amide bonds. The molecule has 42 heavy (non-hydrogen) atoms. The zero-order valence-electron chi connectivity index (χ0n) is 25.7.